The number of aromatic nitrogens is 5. The van der Waals surface area contributed by atoms with E-state index >= 15 is 0 Å². The molecule has 1 aromatic carbocycles. The number of rotatable bonds is 3. The molecule has 2 N–H and O–H groups in total. The Hall–Kier alpha value is -3.90. The number of nitrogens with one attached hydrogen (secondary N) is 1. The standard InChI is InChI=1S/C21H20F3N7O3/c1-29-14-8-7-12(9-21(22,23)24)15(11-5-3-2-4-6-11)31(14)30-10-13(19-25-27-28-26-19)17(32)18(33)16(30)20(29)34/h2-6,10,12,14-15,33H,7-9H2,1H3,(H,25,26,27,28)/t12-,14+,15-/m1/s1. The summed E-state index contributed by atoms with van der Waals surface area (Å²) in [6.45, 7) is 0. The van der Waals surface area contributed by atoms with E-state index in [1.165, 1.54) is 22.8 Å². The maximum atomic E-state index is 13.6. The number of hydrogen-bond acceptors (Lipinski definition) is 7. The van der Waals surface area contributed by atoms with Gasteiger partial charge in [0, 0.05) is 19.7 Å². The van der Waals surface area contributed by atoms with E-state index in [-0.39, 0.29) is 29.9 Å². The summed E-state index contributed by atoms with van der Waals surface area (Å²) < 4.78 is 42.0. The van der Waals surface area contributed by atoms with Crippen molar-refractivity contribution >= 4 is 5.91 Å². The smallest absolute Gasteiger partial charge is 0.389 e. The molecule has 4 heterocycles. The number of amides is 1. The molecule has 3 atom stereocenters. The maximum Gasteiger partial charge on any atom is 0.389 e. The number of alkyl halides is 3. The van der Waals surface area contributed by atoms with Crippen LogP contribution >= 0.6 is 0 Å². The number of aromatic amines is 1. The SMILES string of the molecule is CN1C(=O)c2c(O)c(=O)c(-c3nnn[nH]3)cn2N2[C@H](c3ccccc3)[C@@H](CC(F)(F)F)CC[C@@H]12. The van der Waals surface area contributed by atoms with E-state index < -0.39 is 47.8 Å². The molecule has 0 aliphatic carbocycles. The van der Waals surface area contributed by atoms with Gasteiger partial charge >= 0.3 is 6.18 Å². The molecule has 0 unspecified atom stereocenters. The van der Waals surface area contributed by atoms with Crippen LogP contribution in [-0.4, -0.2) is 60.6 Å². The summed E-state index contributed by atoms with van der Waals surface area (Å²) in [5.74, 6) is -2.31. The summed E-state index contributed by atoms with van der Waals surface area (Å²) in [6, 6.07) is 7.90. The van der Waals surface area contributed by atoms with Gasteiger partial charge in [0.2, 0.25) is 5.43 Å². The van der Waals surface area contributed by atoms with Crippen molar-refractivity contribution in [1.29, 1.82) is 0 Å². The molecule has 0 saturated carbocycles. The van der Waals surface area contributed by atoms with Gasteiger partial charge in [-0.1, -0.05) is 30.3 Å². The normalized spacial score (nSPS) is 22.5. The second kappa shape index (κ2) is 7.85. The van der Waals surface area contributed by atoms with E-state index in [0.717, 1.165) is 0 Å². The molecule has 1 saturated heterocycles. The molecule has 10 nitrogen and oxygen atoms in total. The Balaban J connectivity index is 1.75. The highest BCUT2D eigenvalue weighted by molar-refractivity contribution is 5.96. The summed E-state index contributed by atoms with van der Waals surface area (Å²) in [5.41, 5.74) is -0.693. The number of benzene rings is 1. The van der Waals surface area contributed by atoms with E-state index in [2.05, 4.69) is 20.6 Å². The van der Waals surface area contributed by atoms with Crippen molar-refractivity contribution in [1.82, 2.24) is 30.2 Å². The van der Waals surface area contributed by atoms with Crippen molar-refractivity contribution in [3.05, 3.63) is 58.0 Å². The molecule has 178 valence electrons. The molecular weight excluding hydrogens is 455 g/mol. The minimum atomic E-state index is -4.40. The van der Waals surface area contributed by atoms with Gasteiger partial charge in [0.1, 0.15) is 6.17 Å². The van der Waals surface area contributed by atoms with E-state index in [4.69, 9.17) is 0 Å². The average molecular weight is 475 g/mol. The number of piperidine rings is 1. The summed E-state index contributed by atoms with van der Waals surface area (Å²) in [7, 11) is 1.51. The van der Waals surface area contributed by atoms with Crippen molar-refractivity contribution in [3.8, 4) is 17.1 Å². The van der Waals surface area contributed by atoms with Gasteiger partial charge in [-0.25, -0.2) is 5.10 Å². The number of pyridine rings is 1. The van der Waals surface area contributed by atoms with Gasteiger partial charge in [0.25, 0.3) is 5.91 Å². The van der Waals surface area contributed by atoms with Gasteiger partial charge in [-0.3, -0.25) is 19.3 Å². The van der Waals surface area contributed by atoms with Gasteiger partial charge in [-0.2, -0.15) is 13.2 Å². The molecule has 2 aromatic heterocycles. The highest BCUT2D eigenvalue weighted by atomic mass is 19.4. The quantitative estimate of drug-likeness (QED) is 0.596. The lowest BCUT2D eigenvalue weighted by atomic mass is 9.81. The summed E-state index contributed by atoms with van der Waals surface area (Å²) in [5, 5.41) is 25.4. The fraction of sp³-hybridized carbons (Fsp3) is 0.381. The molecule has 3 aromatic rings. The number of carbonyl (C=O) groups excluding carboxylic acids is 1. The second-order valence-electron chi connectivity index (χ2n) is 8.45. The van der Waals surface area contributed by atoms with Crippen LogP contribution in [0.2, 0.25) is 0 Å². The minimum Gasteiger partial charge on any atom is -0.502 e. The van der Waals surface area contributed by atoms with Gasteiger partial charge in [0.05, 0.1) is 11.6 Å². The van der Waals surface area contributed by atoms with E-state index in [9.17, 15) is 27.9 Å². The minimum absolute atomic E-state index is 0.0429. The fourth-order valence-corrected chi connectivity index (χ4v) is 5.00. The molecule has 13 heteroatoms. The van der Waals surface area contributed by atoms with Gasteiger partial charge in [0.15, 0.2) is 17.3 Å². The number of aromatic hydroxyl groups is 1. The number of hydrogen-bond donors (Lipinski definition) is 2. The highest BCUT2D eigenvalue weighted by Crippen LogP contribution is 2.45. The Labute approximate surface area is 190 Å². The second-order valence-corrected chi connectivity index (χ2v) is 8.45. The summed E-state index contributed by atoms with van der Waals surface area (Å²) >= 11 is 0. The number of carbonyl (C=O) groups is 1. The van der Waals surface area contributed by atoms with Crippen molar-refractivity contribution in [2.45, 2.75) is 37.6 Å². The number of fused-ring (bicyclic) bond motifs is 3. The topological polar surface area (TPSA) is 120 Å². The molecule has 5 rings (SSSR count). The van der Waals surface area contributed by atoms with Crippen LogP contribution < -0.4 is 10.4 Å². The zero-order valence-electron chi connectivity index (χ0n) is 17.9. The molecule has 0 radical (unpaired) electrons. The van der Waals surface area contributed by atoms with Crippen molar-refractivity contribution in [3.63, 3.8) is 0 Å². The first-order chi connectivity index (χ1) is 16.2. The average Bonchev–Trinajstić information content (AvgIpc) is 3.33. The predicted octanol–water partition coefficient (Wildman–Crippen LogP) is 2.19. The third-order valence-corrected chi connectivity index (χ3v) is 6.45. The van der Waals surface area contributed by atoms with E-state index in [1.54, 1.807) is 35.3 Å². The molecule has 0 spiro atoms. The van der Waals surface area contributed by atoms with Crippen LogP contribution in [0.5, 0.6) is 5.75 Å². The van der Waals surface area contributed by atoms with E-state index in [1.807, 2.05) is 0 Å². The van der Waals surface area contributed by atoms with Gasteiger partial charge < -0.3 is 10.0 Å². The van der Waals surface area contributed by atoms with Gasteiger partial charge in [-0.05, 0) is 34.7 Å². The molecule has 1 fully saturated rings. The lowest BCUT2D eigenvalue weighted by Crippen LogP contribution is -2.64. The third-order valence-electron chi connectivity index (χ3n) is 6.45. The van der Waals surface area contributed by atoms with Crippen molar-refractivity contribution in [2.75, 3.05) is 12.1 Å². The Morgan fingerprint density at radius 1 is 1.18 bits per heavy atom. The number of halogens is 3. The number of tetrazole rings is 1. The van der Waals surface area contributed by atoms with Crippen LogP contribution in [0, 0.1) is 5.92 Å². The molecule has 34 heavy (non-hydrogen) atoms. The van der Waals surface area contributed by atoms with Crippen LogP contribution in [-0.2, 0) is 0 Å². The Bertz CT molecular complexity index is 1280. The Morgan fingerprint density at radius 3 is 2.56 bits per heavy atom. The third kappa shape index (κ3) is 3.47. The molecule has 0 bridgehead atoms. The van der Waals surface area contributed by atoms with E-state index in [0.29, 0.717) is 5.56 Å². The molecule has 2 aliphatic rings. The Morgan fingerprint density at radius 2 is 1.91 bits per heavy atom. The first-order valence-electron chi connectivity index (χ1n) is 10.6. The zero-order chi connectivity index (χ0) is 24.2. The first-order valence-corrected chi connectivity index (χ1v) is 10.6. The lowest BCUT2D eigenvalue weighted by Gasteiger charge is -2.54. The maximum absolute atomic E-state index is 13.6. The molecular formula is C21H20F3N7O3. The van der Waals surface area contributed by atoms with Crippen molar-refractivity contribution in [2.24, 2.45) is 5.92 Å². The summed E-state index contributed by atoms with van der Waals surface area (Å²) in [4.78, 5) is 27.3. The monoisotopic (exact) mass is 475 g/mol. The van der Waals surface area contributed by atoms with Crippen LogP contribution in [0.25, 0.3) is 11.4 Å². The Kier molecular flexibility index (Phi) is 5.06. The number of nitrogens with zero attached hydrogens (tertiary/aromatic N) is 6. The predicted molar refractivity (Wildman–Crippen MR) is 112 cm³/mol. The number of H-pyrrole nitrogens is 1. The molecule has 1 amide bonds. The fourth-order valence-electron chi connectivity index (χ4n) is 5.00. The van der Waals surface area contributed by atoms with Gasteiger partial charge in [-0.15, -0.1) is 5.10 Å². The lowest BCUT2D eigenvalue weighted by molar-refractivity contribution is -0.149. The van der Waals surface area contributed by atoms with Crippen LogP contribution in [0.4, 0.5) is 13.2 Å². The summed E-state index contributed by atoms with van der Waals surface area (Å²) in [6.07, 6.45) is -4.21. The molecule has 2 aliphatic heterocycles. The first kappa shape index (κ1) is 21.9. The van der Waals surface area contributed by atoms with Crippen LogP contribution in [0.3, 0.4) is 0 Å². The van der Waals surface area contributed by atoms with Crippen LogP contribution in [0.1, 0.15) is 41.4 Å². The largest absolute Gasteiger partial charge is 0.502 e. The van der Waals surface area contributed by atoms with Crippen LogP contribution in [0.15, 0.2) is 41.3 Å². The van der Waals surface area contributed by atoms with Crippen molar-refractivity contribution < 1.29 is 23.1 Å². The highest BCUT2D eigenvalue weighted by Gasteiger charge is 2.49. The zero-order valence-corrected chi connectivity index (χ0v) is 17.9.